The van der Waals surface area contributed by atoms with Gasteiger partial charge in [0.05, 0.1) is 11.8 Å². The number of aromatic nitrogens is 3. The Morgan fingerprint density at radius 1 is 1.61 bits per heavy atom. The van der Waals surface area contributed by atoms with Crippen LogP contribution in [0.2, 0.25) is 0 Å². The van der Waals surface area contributed by atoms with Crippen molar-refractivity contribution in [3.05, 3.63) is 0 Å². The summed E-state index contributed by atoms with van der Waals surface area (Å²) in [5, 5.41) is 19.5. The topological polar surface area (TPSA) is 123 Å². The molecule has 2 rings (SSSR count). The molecule has 1 unspecified atom stereocenters. The average Bonchev–Trinajstić information content (AvgIpc) is 2.69. The highest BCUT2D eigenvalue weighted by Crippen LogP contribution is 2.26. The number of thioether (sulfide) groups is 1. The van der Waals surface area contributed by atoms with E-state index in [0.29, 0.717) is 24.5 Å². The Balaban J connectivity index is 2.13. The lowest BCUT2D eigenvalue weighted by molar-refractivity contribution is -0.134. The number of carbonyl (C=O) groups excluding carboxylic acids is 1. The highest BCUT2D eigenvalue weighted by Gasteiger charge is 2.24. The Morgan fingerprint density at radius 3 is 3.00 bits per heavy atom. The number of piperidine rings is 1. The number of carbonyl (C=O) groups is 2. The number of amides is 1. The fraction of sp³-hybridized carbons (Fsp3) is 0.556. The van der Waals surface area contributed by atoms with Gasteiger partial charge in [-0.05, 0) is 6.42 Å². The summed E-state index contributed by atoms with van der Waals surface area (Å²) in [7, 11) is 0. The van der Waals surface area contributed by atoms with Crippen LogP contribution in [-0.2, 0) is 9.59 Å². The first-order valence-electron chi connectivity index (χ1n) is 5.39. The molecule has 1 saturated heterocycles. The normalized spacial score (nSPS) is 19.6. The summed E-state index contributed by atoms with van der Waals surface area (Å²) in [4.78, 5) is 21.6. The lowest BCUT2D eigenvalue weighted by atomic mass is 10.1. The number of rotatable bonds is 4. The Bertz CT molecular complexity index is 465. The van der Waals surface area contributed by atoms with Gasteiger partial charge in [-0.3, -0.25) is 14.2 Å². The summed E-state index contributed by atoms with van der Waals surface area (Å²) in [6.07, 6.45) is 1.07. The van der Waals surface area contributed by atoms with Crippen LogP contribution in [0.5, 0.6) is 0 Å². The molecule has 4 N–H and O–H groups in total. The number of hydrogen-bond acceptors (Lipinski definition) is 6. The molecule has 8 nitrogen and oxygen atoms in total. The Kier molecular flexibility index (Phi) is 3.70. The monoisotopic (exact) mass is 271 g/mol. The smallest absolute Gasteiger partial charge is 0.313 e. The van der Waals surface area contributed by atoms with Crippen molar-refractivity contribution in [2.45, 2.75) is 24.0 Å². The number of aliphatic carboxylic acids is 1. The molecule has 0 saturated carbocycles. The van der Waals surface area contributed by atoms with Gasteiger partial charge in [0.25, 0.3) is 0 Å². The van der Waals surface area contributed by atoms with Crippen molar-refractivity contribution in [2.75, 3.05) is 18.0 Å². The fourth-order valence-electron chi connectivity index (χ4n) is 1.80. The quantitative estimate of drug-likeness (QED) is 0.630. The van der Waals surface area contributed by atoms with Crippen molar-refractivity contribution in [1.29, 1.82) is 0 Å². The van der Waals surface area contributed by atoms with Crippen LogP contribution in [0.25, 0.3) is 0 Å². The third-order valence-electron chi connectivity index (χ3n) is 2.62. The predicted octanol–water partition coefficient (Wildman–Crippen LogP) is -0.512. The maximum absolute atomic E-state index is 11.1. The van der Waals surface area contributed by atoms with E-state index in [1.54, 1.807) is 4.57 Å². The van der Waals surface area contributed by atoms with E-state index < -0.39 is 5.97 Å². The van der Waals surface area contributed by atoms with Gasteiger partial charge in [-0.25, -0.2) is 0 Å². The van der Waals surface area contributed by atoms with E-state index in [4.69, 9.17) is 10.8 Å². The van der Waals surface area contributed by atoms with Crippen LogP contribution in [0.15, 0.2) is 5.16 Å². The molecule has 2 heterocycles. The van der Waals surface area contributed by atoms with Crippen LogP contribution in [0.1, 0.15) is 18.9 Å². The lowest BCUT2D eigenvalue weighted by Gasteiger charge is -2.24. The molecule has 1 atom stereocenters. The van der Waals surface area contributed by atoms with E-state index in [1.165, 1.54) is 0 Å². The molecule has 98 valence electrons. The van der Waals surface area contributed by atoms with Gasteiger partial charge in [-0.1, -0.05) is 11.8 Å². The van der Waals surface area contributed by atoms with E-state index in [9.17, 15) is 9.59 Å². The Labute approximate surface area is 107 Å². The lowest BCUT2D eigenvalue weighted by Crippen LogP contribution is -2.36. The molecule has 0 aliphatic carbocycles. The molecule has 9 heteroatoms. The number of nitrogens with two attached hydrogens (primary N) is 1. The fourth-order valence-corrected chi connectivity index (χ4v) is 2.53. The van der Waals surface area contributed by atoms with E-state index in [1.807, 2.05) is 0 Å². The third-order valence-corrected chi connectivity index (χ3v) is 3.55. The number of nitrogens with one attached hydrogen (secondary N) is 1. The van der Waals surface area contributed by atoms with Gasteiger partial charge in [0.2, 0.25) is 11.9 Å². The molecule has 1 amide bonds. The third kappa shape index (κ3) is 2.73. The van der Waals surface area contributed by atoms with Gasteiger partial charge in [0.1, 0.15) is 0 Å². The second-order valence-electron chi connectivity index (χ2n) is 3.89. The summed E-state index contributed by atoms with van der Waals surface area (Å²) in [5.41, 5.74) is 5.73. The zero-order chi connectivity index (χ0) is 13.1. The van der Waals surface area contributed by atoms with Crippen molar-refractivity contribution >= 4 is 29.6 Å². The van der Waals surface area contributed by atoms with Crippen molar-refractivity contribution in [3.8, 4) is 0 Å². The molecule has 1 aliphatic rings. The van der Waals surface area contributed by atoms with Crippen LogP contribution < -0.4 is 11.1 Å². The number of anilines is 1. The molecule has 0 bridgehead atoms. The van der Waals surface area contributed by atoms with Gasteiger partial charge in [-0.2, -0.15) is 0 Å². The second kappa shape index (κ2) is 5.25. The zero-order valence-corrected chi connectivity index (χ0v) is 10.3. The molecule has 18 heavy (non-hydrogen) atoms. The van der Waals surface area contributed by atoms with E-state index in [2.05, 4.69) is 15.5 Å². The summed E-state index contributed by atoms with van der Waals surface area (Å²) >= 11 is 1.07. The molecule has 0 radical (unpaired) electrons. The van der Waals surface area contributed by atoms with Gasteiger partial charge in [0, 0.05) is 13.0 Å². The van der Waals surface area contributed by atoms with Crippen LogP contribution in [0, 0.1) is 0 Å². The minimum atomic E-state index is -0.926. The van der Waals surface area contributed by atoms with E-state index in [0.717, 1.165) is 11.8 Å². The number of hydrogen-bond donors (Lipinski definition) is 3. The second-order valence-corrected chi connectivity index (χ2v) is 4.83. The van der Waals surface area contributed by atoms with Crippen LogP contribution in [0.3, 0.4) is 0 Å². The van der Waals surface area contributed by atoms with Gasteiger partial charge in [0.15, 0.2) is 5.16 Å². The van der Waals surface area contributed by atoms with E-state index in [-0.39, 0.29) is 23.7 Å². The largest absolute Gasteiger partial charge is 0.481 e. The first kappa shape index (κ1) is 12.7. The highest BCUT2D eigenvalue weighted by atomic mass is 32.2. The summed E-state index contributed by atoms with van der Waals surface area (Å²) in [6.45, 7) is 0.460. The molecule has 1 fully saturated rings. The Morgan fingerprint density at radius 2 is 2.39 bits per heavy atom. The van der Waals surface area contributed by atoms with Crippen LogP contribution in [0.4, 0.5) is 5.95 Å². The van der Waals surface area contributed by atoms with Gasteiger partial charge in [-0.15, -0.1) is 10.2 Å². The number of carboxylic acid groups (broad SMARTS) is 1. The number of nitrogens with zero attached hydrogens (tertiary/aromatic N) is 3. The summed E-state index contributed by atoms with van der Waals surface area (Å²) < 4.78 is 1.69. The highest BCUT2D eigenvalue weighted by molar-refractivity contribution is 7.99. The van der Waals surface area contributed by atoms with E-state index >= 15 is 0 Å². The first-order chi connectivity index (χ1) is 8.58. The van der Waals surface area contributed by atoms with Crippen LogP contribution >= 0.6 is 11.8 Å². The minimum Gasteiger partial charge on any atom is -0.481 e. The number of carboxylic acids is 1. The average molecular weight is 271 g/mol. The predicted molar refractivity (Wildman–Crippen MR) is 64.1 cm³/mol. The van der Waals surface area contributed by atoms with Crippen LogP contribution in [-0.4, -0.2) is 44.0 Å². The standard InChI is InChI=1S/C9H13N5O3S/c10-8-12-13-9(18-4-7(16)17)14(8)5-1-2-6(15)11-3-5/h5H,1-4H2,(H2,10,12)(H,11,15)(H,16,17). The molecule has 0 aromatic carbocycles. The zero-order valence-electron chi connectivity index (χ0n) is 9.50. The molecule has 0 spiro atoms. The maximum atomic E-state index is 11.1. The van der Waals surface area contributed by atoms with Crippen molar-refractivity contribution < 1.29 is 14.7 Å². The molecular weight excluding hydrogens is 258 g/mol. The molecule has 1 aromatic heterocycles. The SMILES string of the molecule is Nc1nnc(SCC(=O)O)n1C1CCC(=O)NC1. The van der Waals surface area contributed by atoms with Crippen molar-refractivity contribution in [1.82, 2.24) is 20.1 Å². The Hall–Kier alpha value is -1.77. The first-order valence-corrected chi connectivity index (χ1v) is 6.38. The summed E-state index contributed by atoms with van der Waals surface area (Å²) in [5.74, 6) is -0.774. The minimum absolute atomic E-state index is 0.0117. The van der Waals surface area contributed by atoms with Crippen molar-refractivity contribution in [3.63, 3.8) is 0 Å². The maximum Gasteiger partial charge on any atom is 0.313 e. The van der Waals surface area contributed by atoms with Gasteiger partial charge < -0.3 is 16.2 Å². The molecule has 1 aliphatic heterocycles. The summed E-state index contributed by atoms with van der Waals surface area (Å²) in [6, 6.07) is -0.0194. The molecule has 1 aromatic rings. The van der Waals surface area contributed by atoms with Gasteiger partial charge >= 0.3 is 5.97 Å². The number of nitrogen functional groups attached to an aromatic ring is 1. The molecular formula is C9H13N5O3S. The van der Waals surface area contributed by atoms with Crippen molar-refractivity contribution in [2.24, 2.45) is 0 Å².